The molecule has 23 heavy (non-hydrogen) atoms. The molecule has 0 saturated heterocycles. The lowest BCUT2D eigenvalue weighted by Gasteiger charge is -2.07. The number of imidazole rings is 1. The van der Waals surface area contributed by atoms with E-state index in [9.17, 15) is 0 Å². The minimum absolute atomic E-state index is 0.524. The second kappa shape index (κ2) is 6.14. The van der Waals surface area contributed by atoms with E-state index in [0.29, 0.717) is 13.2 Å². The molecule has 0 saturated carbocycles. The first kappa shape index (κ1) is 13.8. The quantitative estimate of drug-likeness (QED) is 0.531. The molecule has 0 spiro atoms. The Morgan fingerprint density at radius 2 is 1.83 bits per heavy atom. The summed E-state index contributed by atoms with van der Waals surface area (Å²) < 4.78 is 7.85. The second-order valence-electron chi connectivity index (χ2n) is 5.32. The van der Waals surface area contributed by atoms with Crippen molar-refractivity contribution in [3.8, 4) is 0 Å². The largest absolute Gasteiger partial charge is 0.373 e. The number of fused-ring (bicyclic) bond motifs is 3. The van der Waals surface area contributed by atoms with E-state index in [4.69, 9.17) is 4.74 Å². The zero-order valence-electron chi connectivity index (χ0n) is 12.6. The van der Waals surface area contributed by atoms with Gasteiger partial charge in [0.05, 0.1) is 42.5 Å². The van der Waals surface area contributed by atoms with E-state index in [1.165, 1.54) is 0 Å². The fourth-order valence-electron chi connectivity index (χ4n) is 2.69. The minimum atomic E-state index is 0.524. The number of nitrogens with zero attached hydrogens (tertiary/aromatic N) is 4. The molecule has 1 aromatic carbocycles. The normalized spacial score (nSPS) is 11.3. The van der Waals surface area contributed by atoms with Gasteiger partial charge in [0.25, 0.3) is 0 Å². The highest BCUT2D eigenvalue weighted by molar-refractivity contribution is 6.01. The molecule has 5 heteroatoms. The number of rotatable bonds is 5. The molecule has 0 amide bonds. The maximum Gasteiger partial charge on any atom is 0.107 e. The smallest absolute Gasteiger partial charge is 0.107 e. The molecular weight excluding hydrogens is 288 g/mol. The summed E-state index contributed by atoms with van der Waals surface area (Å²) in [4.78, 5) is 13.1. The molecule has 5 nitrogen and oxygen atoms in total. The third-order valence-corrected chi connectivity index (χ3v) is 3.80. The average molecular weight is 304 g/mol. The van der Waals surface area contributed by atoms with Crippen LogP contribution in [0.25, 0.3) is 21.9 Å². The number of aromatic nitrogens is 4. The molecule has 3 heterocycles. The Kier molecular flexibility index (Phi) is 3.70. The van der Waals surface area contributed by atoms with Crippen molar-refractivity contribution in [1.82, 2.24) is 19.5 Å². The fourth-order valence-corrected chi connectivity index (χ4v) is 2.69. The Morgan fingerprint density at radius 1 is 0.913 bits per heavy atom. The Bertz CT molecular complexity index is 933. The monoisotopic (exact) mass is 304 g/mol. The maximum atomic E-state index is 5.73. The molecule has 0 N–H and O–H groups in total. The molecular formula is C18H16N4O. The number of pyridine rings is 2. The number of benzene rings is 1. The third-order valence-electron chi connectivity index (χ3n) is 3.80. The number of hydrogen-bond donors (Lipinski definition) is 0. The topological polar surface area (TPSA) is 52.8 Å². The average Bonchev–Trinajstić information content (AvgIpc) is 3.03. The zero-order chi connectivity index (χ0) is 15.5. The van der Waals surface area contributed by atoms with Gasteiger partial charge in [0.1, 0.15) is 5.52 Å². The van der Waals surface area contributed by atoms with Gasteiger partial charge in [0.15, 0.2) is 0 Å². The second-order valence-corrected chi connectivity index (χ2v) is 5.32. The van der Waals surface area contributed by atoms with Crippen LogP contribution in [0.3, 0.4) is 0 Å². The Morgan fingerprint density at radius 3 is 2.74 bits per heavy atom. The van der Waals surface area contributed by atoms with Crippen LogP contribution >= 0.6 is 0 Å². The molecule has 0 unspecified atom stereocenters. The summed E-state index contributed by atoms with van der Waals surface area (Å²) in [6.07, 6.45) is 5.45. The fraction of sp³-hybridized carbons (Fsp3) is 0.167. The van der Waals surface area contributed by atoms with Crippen molar-refractivity contribution in [2.24, 2.45) is 0 Å². The first-order valence-corrected chi connectivity index (χ1v) is 7.58. The molecule has 3 aromatic heterocycles. The lowest BCUT2D eigenvalue weighted by Crippen LogP contribution is -2.06. The van der Waals surface area contributed by atoms with Gasteiger partial charge in [-0.15, -0.1) is 0 Å². The van der Waals surface area contributed by atoms with Gasteiger partial charge in [-0.1, -0.05) is 24.3 Å². The van der Waals surface area contributed by atoms with E-state index in [2.05, 4.69) is 25.6 Å². The van der Waals surface area contributed by atoms with E-state index in [0.717, 1.165) is 34.2 Å². The molecule has 0 aliphatic carbocycles. The summed E-state index contributed by atoms with van der Waals surface area (Å²) >= 11 is 0. The highest BCUT2D eigenvalue weighted by Crippen LogP contribution is 2.22. The van der Waals surface area contributed by atoms with Crippen LogP contribution in [-0.4, -0.2) is 26.1 Å². The number of para-hydroxylation sites is 1. The molecule has 0 fully saturated rings. The van der Waals surface area contributed by atoms with Crippen LogP contribution in [0.2, 0.25) is 0 Å². The lowest BCUT2D eigenvalue weighted by molar-refractivity contribution is 0.111. The lowest BCUT2D eigenvalue weighted by atomic mass is 10.2. The molecule has 114 valence electrons. The predicted octanol–water partition coefficient (Wildman–Crippen LogP) is 3.20. The summed E-state index contributed by atoms with van der Waals surface area (Å²) in [6.45, 7) is 1.88. The Balaban J connectivity index is 1.52. The van der Waals surface area contributed by atoms with Crippen LogP contribution in [0.1, 0.15) is 5.69 Å². The SMILES string of the molecule is c1ccc(COCCn2cnc3cnc4ccccc4c32)nc1. The summed E-state index contributed by atoms with van der Waals surface area (Å²) in [5.41, 5.74) is 3.94. The van der Waals surface area contributed by atoms with Crippen molar-refractivity contribution in [1.29, 1.82) is 0 Å². The van der Waals surface area contributed by atoms with Crippen molar-refractivity contribution < 1.29 is 4.74 Å². The van der Waals surface area contributed by atoms with Gasteiger partial charge < -0.3 is 9.30 Å². The van der Waals surface area contributed by atoms with E-state index in [-0.39, 0.29) is 0 Å². The van der Waals surface area contributed by atoms with Crippen molar-refractivity contribution in [2.45, 2.75) is 13.2 Å². The Labute approximate surface area is 133 Å². The maximum absolute atomic E-state index is 5.73. The van der Waals surface area contributed by atoms with Gasteiger partial charge in [-0.25, -0.2) is 4.98 Å². The summed E-state index contributed by atoms with van der Waals surface area (Å²) in [5, 5.41) is 1.12. The van der Waals surface area contributed by atoms with Gasteiger partial charge in [-0.3, -0.25) is 9.97 Å². The first-order chi connectivity index (χ1) is 11.4. The van der Waals surface area contributed by atoms with Gasteiger partial charge in [-0.2, -0.15) is 0 Å². The predicted molar refractivity (Wildman–Crippen MR) is 88.9 cm³/mol. The molecule has 4 rings (SSSR count). The van der Waals surface area contributed by atoms with Crippen LogP contribution < -0.4 is 0 Å². The van der Waals surface area contributed by atoms with Crippen molar-refractivity contribution in [3.63, 3.8) is 0 Å². The third kappa shape index (κ3) is 2.78. The van der Waals surface area contributed by atoms with Crippen LogP contribution in [0.15, 0.2) is 61.2 Å². The highest BCUT2D eigenvalue weighted by Gasteiger charge is 2.07. The van der Waals surface area contributed by atoms with Crippen molar-refractivity contribution >= 4 is 21.9 Å². The minimum Gasteiger partial charge on any atom is -0.373 e. The zero-order valence-corrected chi connectivity index (χ0v) is 12.6. The number of ether oxygens (including phenoxy) is 1. The van der Waals surface area contributed by atoms with Gasteiger partial charge >= 0.3 is 0 Å². The van der Waals surface area contributed by atoms with E-state index in [1.807, 2.05) is 48.9 Å². The highest BCUT2D eigenvalue weighted by atomic mass is 16.5. The van der Waals surface area contributed by atoms with E-state index in [1.54, 1.807) is 6.20 Å². The van der Waals surface area contributed by atoms with Gasteiger partial charge in [0, 0.05) is 18.1 Å². The summed E-state index contributed by atoms with van der Waals surface area (Å²) in [5.74, 6) is 0. The molecule has 0 atom stereocenters. The molecule has 0 aliphatic rings. The summed E-state index contributed by atoms with van der Waals surface area (Å²) in [6, 6.07) is 14.0. The molecule has 0 bridgehead atoms. The van der Waals surface area contributed by atoms with Crippen molar-refractivity contribution in [2.75, 3.05) is 6.61 Å². The van der Waals surface area contributed by atoms with Crippen LogP contribution in [0, 0.1) is 0 Å². The Hall–Kier alpha value is -2.79. The van der Waals surface area contributed by atoms with Gasteiger partial charge in [-0.05, 0) is 18.2 Å². The number of hydrogen-bond acceptors (Lipinski definition) is 4. The molecule has 0 radical (unpaired) electrons. The summed E-state index contributed by atoms with van der Waals surface area (Å²) in [7, 11) is 0. The standard InChI is InChI=1S/C18H16N4O/c1-2-7-16-15(6-1)18-17(11-20-16)21-13-22(18)9-10-23-12-14-5-3-4-8-19-14/h1-8,11,13H,9-10,12H2. The van der Waals surface area contributed by atoms with Crippen molar-refractivity contribution in [3.05, 3.63) is 66.9 Å². The van der Waals surface area contributed by atoms with E-state index < -0.39 is 0 Å². The van der Waals surface area contributed by atoms with E-state index >= 15 is 0 Å². The van der Waals surface area contributed by atoms with Crippen LogP contribution in [0.4, 0.5) is 0 Å². The van der Waals surface area contributed by atoms with Crippen LogP contribution in [0.5, 0.6) is 0 Å². The molecule has 4 aromatic rings. The molecule has 0 aliphatic heterocycles. The first-order valence-electron chi connectivity index (χ1n) is 7.58. The van der Waals surface area contributed by atoms with Crippen LogP contribution in [-0.2, 0) is 17.9 Å². The van der Waals surface area contributed by atoms with Gasteiger partial charge in [0.2, 0.25) is 0 Å².